The van der Waals surface area contributed by atoms with Gasteiger partial charge in [0, 0.05) is 17.8 Å². The molecule has 6 rings (SSSR count). The van der Waals surface area contributed by atoms with Crippen LogP contribution in [0.15, 0.2) is 36.3 Å². The first kappa shape index (κ1) is 21.2. The summed E-state index contributed by atoms with van der Waals surface area (Å²) in [5.74, 6) is 0.984. The third kappa shape index (κ3) is 2.71. The number of hydrogen-bond donors (Lipinski definition) is 2. The number of aromatic nitrogens is 3. The Kier molecular flexibility index (Phi) is 4.57. The van der Waals surface area contributed by atoms with Gasteiger partial charge in [-0.2, -0.15) is 5.10 Å². The standard InChI is InChI=1S/C27H33N3O3/c1-25-14-17-15-29-30(19-7-11-28-12-8-19)23(17)13-18(25)3-4-20-21(25)5-9-26(2)22(20)6-10-27(26,33)24(32)16-31/h7-8,11-13,15,20-22,31,33H,3-6,9-10,14,16H2,1-2H3/t20-,21+,22+,25+,26+,27+/m1/s1. The van der Waals surface area contributed by atoms with Crippen LogP contribution >= 0.6 is 0 Å². The topological polar surface area (TPSA) is 88.2 Å². The summed E-state index contributed by atoms with van der Waals surface area (Å²) < 4.78 is 2.03. The van der Waals surface area contributed by atoms with Crippen LogP contribution in [0.2, 0.25) is 0 Å². The van der Waals surface area contributed by atoms with Crippen LogP contribution < -0.4 is 0 Å². The van der Waals surface area contributed by atoms with Gasteiger partial charge < -0.3 is 10.2 Å². The van der Waals surface area contributed by atoms with Gasteiger partial charge in [-0.05, 0) is 91.9 Å². The Bertz CT molecular complexity index is 1140. The van der Waals surface area contributed by atoms with Gasteiger partial charge in [0.2, 0.25) is 0 Å². The fraction of sp³-hybridized carbons (Fsp3) is 0.593. The lowest BCUT2D eigenvalue weighted by Gasteiger charge is -2.58. The minimum atomic E-state index is -1.38. The lowest BCUT2D eigenvalue weighted by atomic mass is 9.46. The van der Waals surface area contributed by atoms with Crippen molar-refractivity contribution in [2.45, 2.75) is 64.4 Å². The molecule has 0 unspecified atom stereocenters. The number of Topliss-reactive ketones (excluding diaryl/α,β-unsaturated/α-hetero) is 1. The van der Waals surface area contributed by atoms with Crippen LogP contribution in [0.3, 0.4) is 0 Å². The third-order valence-corrected chi connectivity index (χ3v) is 10.2. The molecule has 6 nitrogen and oxygen atoms in total. The predicted octanol–water partition coefficient (Wildman–Crippen LogP) is 3.74. The van der Waals surface area contributed by atoms with Crippen LogP contribution in [0.1, 0.15) is 63.6 Å². The number of ketones is 1. The Balaban J connectivity index is 1.34. The predicted molar refractivity (Wildman–Crippen MR) is 124 cm³/mol. The highest BCUT2D eigenvalue weighted by Gasteiger charge is 2.66. The second kappa shape index (κ2) is 7.09. The number of allylic oxidation sites excluding steroid dienone is 1. The van der Waals surface area contributed by atoms with E-state index in [-0.39, 0.29) is 11.2 Å². The molecule has 3 fully saturated rings. The van der Waals surface area contributed by atoms with Crippen molar-refractivity contribution >= 4 is 11.9 Å². The Labute approximate surface area is 194 Å². The molecule has 2 aromatic rings. The van der Waals surface area contributed by atoms with E-state index in [9.17, 15) is 15.0 Å². The molecule has 2 heterocycles. The average molecular weight is 448 g/mol. The molecule has 0 radical (unpaired) electrons. The van der Waals surface area contributed by atoms with Gasteiger partial charge in [0.1, 0.15) is 12.2 Å². The van der Waals surface area contributed by atoms with Gasteiger partial charge in [0.05, 0.1) is 17.6 Å². The van der Waals surface area contributed by atoms with Crippen molar-refractivity contribution in [1.82, 2.24) is 14.8 Å². The lowest BCUT2D eigenvalue weighted by molar-refractivity contribution is -0.164. The smallest absolute Gasteiger partial charge is 0.190 e. The van der Waals surface area contributed by atoms with Crippen molar-refractivity contribution in [2.24, 2.45) is 28.6 Å². The summed E-state index contributed by atoms with van der Waals surface area (Å²) in [5, 5.41) is 25.7. The number of hydrogen-bond acceptors (Lipinski definition) is 5. The minimum Gasteiger partial charge on any atom is -0.388 e. The van der Waals surface area contributed by atoms with E-state index >= 15 is 0 Å². The first-order valence-corrected chi connectivity index (χ1v) is 12.4. The van der Waals surface area contributed by atoms with Crippen LogP contribution in [-0.2, 0) is 11.2 Å². The first-order valence-electron chi connectivity index (χ1n) is 12.4. The Morgan fingerprint density at radius 1 is 1.15 bits per heavy atom. The normalized spacial score (nSPS) is 39.2. The van der Waals surface area contributed by atoms with Crippen LogP contribution in [0, 0.1) is 28.6 Å². The molecule has 0 aliphatic heterocycles. The zero-order chi connectivity index (χ0) is 23.0. The summed E-state index contributed by atoms with van der Waals surface area (Å²) in [6.45, 7) is 3.98. The van der Waals surface area contributed by atoms with E-state index in [1.165, 1.54) is 16.8 Å². The van der Waals surface area contributed by atoms with E-state index in [0.29, 0.717) is 24.2 Å². The highest BCUT2D eigenvalue weighted by Crippen LogP contribution is 2.67. The largest absolute Gasteiger partial charge is 0.388 e. The number of carbonyl (C=O) groups is 1. The Morgan fingerprint density at radius 2 is 1.91 bits per heavy atom. The number of nitrogens with zero attached hydrogens (tertiary/aromatic N) is 3. The van der Waals surface area contributed by atoms with E-state index in [0.717, 1.165) is 44.2 Å². The Hall–Kier alpha value is -2.31. The van der Waals surface area contributed by atoms with Crippen LogP contribution in [0.5, 0.6) is 0 Å². The molecule has 0 spiro atoms. The monoisotopic (exact) mass is 447 g/mol. The molecule has 0 bridgehead atoms. The quantitative estimate of drug-likeness (QED) is 0.748. The molecular formula is C27H33N3O3. The van der Waals surface area contributed by atoms with Crippen molar-refractivity contribution in [3.63, 3.8) is 0 Å². The maximum Gasteiger partial charge on any atom is 0.190 e. The van der Waals surface area contributed by atoms with Crippen molar-refractivity contribution in [3.8, 4) is 5.69 Å². The summed E-state index contributed by atoms with van der Waals surface area (Å²) in [4.78, 5) is 16.7. The third-order valence-electron chi connectivity index (χ3n) is 10.2. The fourth-order valence-corrected chi connectivity index (χ4v) is 8.35. The number of aliphatic hydroxyl groups excluding tert-OH is 1. The molecule has 2 aromatic heterocycles. The van der Waals surface area contributed by atoms with E-state index in [1.54, 1.807) is 12.4 Å². The summed E-state index contributed by atoms with van der Waals surface area (Å²) in [7, 11) is 0. The molecule has 0 saturated heterocycles. The zero-order valence-electron chi connectivity index (χ0n) is 19.5. The van der Waals surface area contributed by atoms with Gasteiger partial charge in [0.15, 0.2) is 5.78 Å². The molecule has 6 heteroatoms. The van der Waals surface area contributed by atoms with Crippen LogP contribution in [0.25, 0.3) is 11.8 Å². The molecule has 2 N–H and O–H groups in total. The highest BCUT2D eigenvalue weighted by atomic mass is 16.3. The van der Waals surface area contributed by atoms with Gasteiger partial charge in [0.25, 0.3) is 0 Å². The molecule has 4 aliphatic rings. The molecule has 0 amide bonds. The summed E-state index contributed by atoms with van der Waals surface area (Å²) in [5.41, 5.74) is 3.33. The fourth-order valence-electron chi connectivity index (χ4n) is 8.35. The molecule has 4 aliphatic carbocycles. The second-order valence-electron chi connectivity index (χ2n) is 11.3. The van der Waals surface area contributed by atoms with Gasteiger partial charge in [-0.3, -0.25) is 9.78 Å². The lowest BCUT2D eigenvalue weighted by Crippen LogP contribution is -2.58. The number of rotatable bonds is 3. The molecule has 6 atom stereocenters. The highest BCUT2D eigenvalue weighted by molar-refractivity contribution is 5.89. The van der Waals surface area contributed by atoms with Crippen LogP contribution in [-0.4, -0.2) is 43.0 Å². The van der Waals surface area contributed by atoms with Crippen molar-refractivity contribution in [2.75, 3.05) is 6.61 Å². The number of pyridine rings is 1. The molecule has 174 valence electrons. The summed E-state index contributed by atoms with van der Waals surface area (Å²) >= 11 is 0. The molecule has 0 aromatic carbocycles. The van der Waals surface area contributed by atoms with Crippen LogP contribution in [0.4, 0.5) is 0 Å². The molecule has 33 heavy (non-hydrogen) atoms. The number of aliphatic hydroxyl groups is 2. The van der Waals surface area contributed by atoms with Crippen molar-refractivity contribution in [3.05, 3.63) is 47.6 Å². The van der Waals surface area contributed by atoms with E-state index < -0.39 is 17.6 Å². The maximum absolute atomic E-state index is 12.6. The Morgan fingerprint density at radius 3 is 2.67 bits per heavy atom. The van der Waals surface area contributed by atoms with E-state index in [1.807, 2.05) is 23.0 Å². The molecule has 3 saturated carbocycles. The summed E-state index contributed by atoms with van der Waals surface area (Å²) in [6, 6.07) is 3.99. The van der Waals surface area contributed by atoms with Gasteiger partial charge in [-0.15, -0.1) is 0 Å². The number of fused-ring (bicyclic) bond motifs is 6. The first-order chi connectivity index (χ1) is 15.8. The maximum atomic E-state index is 12.6. The van der Waals surface area contributed by atoms with Crippen molar-refractivity contribution < 1.29 is 15.0 Å². The van der Waals surface area contributed by atoms with Gasteiger partial charge in [-0.25, -0.2) is 4.68 Å². The second-order valence-corrected chi connectivity index (χ2v) is 11.3. The van der Waals surface area contributed by atoms with Gasteiger partial charge in [-0.1, -0.05) is 19.4 Å². The van der Waals surface area contributed by atoms with E-state index in [4.69, 9.17) is 5.10 Å². The van der Waals surface area contributed by atoms with Crippen molar-refractivity contribution in [1.29, 1.82) is 0 Å². The minimum absolute atomic E-state index is 0.0883. The zero-order valence-corrected chi connectivity index (χ0v) is 19.5. The summed E-state index contributed by atoms with van der Waals surface area (Å²) in [6.07, 6.45) is 14.4. The van der Waals surface area contributed by atoms with Gasteiger partial charge >= 0.3 is 0 Å². The van der Waals surface area contributed by atoms with E-state index in [2.05, 4.69) is 24.9 Å². The average Bonchev–Trinajstić information content (AvgIpc) is 3.35. The molecular weight excluding hydrogens is 414 g/mol. The SMILES string of the molecule is C[C@]12Cc3cnn(-c4ccncc4)c3C=C1CC[C@@H]1[C@@H]2CC[C@@]2(C)[C@H]1CC[C@]2(O)C(=O)CO. The number of carbonyl (C=O) groups excluding carboxylic acids is 1.